The van der Waals surface area contributed by atoms with Crippen LogP contribution in [0.4, 0.5) is 0 Å². The van der Waals surface area contributed by atoms with Gasteiger partial charge in [-0.05, 0) is 49.3 Å². The number of carbonyl (C=O) groups excluding carboxylic acids is 1. The summed E-state index contributed by atoms with van der Waals surface area (Å²) in [7, 11) is -3.57. The second-order valence-electron chi connectivity index (χ2n) is 8.81. The van der Waals surface area contributed by atoms with Gasteiger partial charge in [0, 0.05) is 24.2 Å². The number of benzene rings is 2. The topological polar surface area (TPSA) is 120 Å². The van der Waals surface area contributed by atoms with Gasteiger partial charge in [0.05, 0.1) is 12.2 Å². The average molecular weight is 474 g/mol. The van der Waals surface area contributed by atoms with Crippen LogP contribution in [-0.4, -0.2) is 39.5 Å². The third-order valence-corrected chi connectivity index (χ3v) is 7.11. The molecule has 2 aliphatic rings. The van der Waals surface area contributed by atoms with Gasteiger partial charge in [-0.25, -0.2) is 13.6 Å². The predicted molar refractivity (Wildman–Crippen MR) is 126 cm³/mol. The third kappa shape index (κ3) is 6.25. The molecule has 3 atom stereocenters. The summed E-state index contributed by atoms with van der Waals surface area (Å²) in [5.41, 5.74) is 3.30. The number of ether oxygens (including phenoxy) is 2. The number of nitrogens with one attached hydrogen (secondary N) is 2. The summed E-state index contributed by atoms with van der Waals surface area (Å²) in [6.45, 7) is 2.46. The zero-order valence-electron chi connectivity index (χ0n) is 18.8. The lowest BCUT2D eigenvalue weighted by Crippen LogP contribution is -2.32. The first-order chi connectivity index (χ1) is 15.8. The van der Waals surface area contributed by atoms with Gasteiger partial charge in [-0.3, -0.25) is 4.79 Å². The molecule has 1 aliphatic heterocycles. The Balaban J connectivity index is 1.27. The molecule has 1 aliphatic carbocycles. The fraction of sp³-hybridized carbons (Fsp3) is 0.458. The van der Waals surface area contributed by atoms with E-state index in [0.29, 0.717) is 12.0 Å². The molecule has 33 heavy (non-hydrogen) atoms. The van der Waals surface area contributed by atoms with Crippen molar-refractivity contribution in [2.75, 3.05) is 19.1 Å². The molecule has 2 aromatic carbocycles. The van der Waals surface area contributed by atoms with Crippen molar-refractivity contribution in [2.45, 2.75) is 50.6 Å². The van der Waals surface area contributed by atoms with Crippen molar-refractivity contribution in [1.29, 1.82) is 0 Å². The number of amides is 1. The van der Waals surface area contributed by atoms with E-state index in [1.807, 2.05) is 24.3 Å². The van der Waals surface area contributed by atoms with Crippen molar-refractivity contribution in [1.82, 2.24) is 10.6 Å². The van der Waals surface area contributed by atoms with Crippen LogP contribution in [-0.2, 0) is 21.2 Å². The highest BCUT2D eigenvalue weighted by Crippen LogP contribution is 2.40. The predicted octanol–water partition coefficient (Wildman–Crippen LogP) is 2.35. The van der Waals surface area contributed by atoms with Crippen molar-refractivity contribution in [3.8, 4) is 11.5 Å². The first-order valence-corrected chi connectivity index (χ1v) is 13.0. The molecular weight excluding hydrogens is 442 g/mol. The Morgan fingerprint density at radius 2 is 1.94 bits per heavy atom. The van der Waals surface area contributed by atoms with Crippen molar-refractivity contribution in [3.63, 3.8) is 0 Å². The van der Waals surface area contributed by atoms with Gasteiger partial charge >= 0.3 is 0 Å². The van der Waals surface area contributed by atoms with Gasteiger partial charge in [-0.1, -0.05) is 36.4 Å². The van der Waals surface area contributed by atoms with Gasteiger partial charge in [-0.15, -0.1) is 0 Å². The number of hydrogen-bond donors (Lipinski definition) is 3. The molecule has 0 bridgehead atoms. The molecule has 9 heteroatoms. The van der Waals surface area contributed by atoms with E-state index in [1.54, 1.807) is 0 Å². The molecule has 0 saturated heterocycles. The molecular formula is C24H31N3O5S. The molecule has 4 N–H and O–H groups in total. The number of fused-ring (bicyclic) bond motifs is 1. The van der Waals surface area contributed by atoms with Crippen LogP contribution in [0.2, 0.25) is 0 Å². The van der Waals surface area contributed by atoms with E-state index < -0.39 is 10.0 Å². The van der Waals surface area contributed by atoms with Gasteiger partial charge in [-0.2, -0.15) is 0 Å². The highest BCUT2D eigenvalue weighted by molar-refractivity contribution is 7.89. The average Bonchev–Trinajstić information content (AvgIpc) is 3.42. The number of para-hydroxylation sites is 1. The summed E-state index contributed by atoms with van der Waals surface area (Å²) >= 11 is 0. The smallest absolute Gasteiger partial charge is 0.231 e. The number of hydrogen-bond acceptors (Lipinski definition) is 6. The summed E-state index contributed by atoms with van der Waals surface area (Å²) in [4.78, 5) is 12.0. The lowest BCUT2D eigenvalue weighted by molar-refractivity contribution is -0.120. The molecule has 1 heterocycles. The first-order valence-electron chi connectivity index (χ1n) is 11.3. The second-order valence-corrected chi connectivity index (χ2v) is 10.5. The van der Waals surface area contributed by atoms with Crippen molar-refractivity contribution < 1.29 is 22.7 Å². The van der Waals surface area contributed by atoms with Gasteiger partial charge in [0.15, 0.2) is 11.5 Å². The summed E-state index contributed by atoms with van der Waals surface area (Å²) in [6.07, 6.45) is 3.49. The van der Waals surface area contributed by atoms with Crippen molar-refractivity contribution in [2.24, 2.45) is 5.14 Å². The number of sulfonamides is 1. The Bertz CT molecular complexity index is 1090. The Kier molecular flexibility index (Phi) is 7.21. The Labute approximate surface area is 194 Å². The summed E-state index contributed by atoms with van der Waals surface area (Å²) in [5.74, 6) is 1.65. The van der Waals surface area contributed by atoms with Crippen LogP contribution >= 0.6 is 0 Å². The monoisotopic (exact) mass is 473 g/mol. The van der Waals surface area contributed by atoms with E-state index >= 15 is 0 Å². The maximum Gasteiger partial charge on any atom is 0.231 e. The minimum absolute atomic E-state index is 0.0234. The molecule has 2 aromatic rings. The van der Waals surface area contributed by atoms with E-state index in [2.05, 4.69) is 35.8 Å². The first kappa shape index (κ1) is 23.5. The quantitative estimate of drug-likeness (QED) is 0.514. The molecule has 0 unspecified atom stereocenters. The molecule has 0 radical (unpaired) electrons. The fourth-order valence-corrected chi connectivity index (χ4v) is 5.05. The van der Waals surface area contributed by atoms with E-state index in [-0.39, 0.29) is 37.5 Å². The Morgan fingerprint density at radius 1 is 1.15 bits per heavy atom. The molecule has 0 aromatic heterocycles. The standard InChI is InChI=1S/C24H31N3O5S/c1-16(21-3-2-4-22-24(21)32-15-31-22)27-20-10-9-19(14-20)18-7-5-17(6-8-18)13-23(28)26-11-12-33(25,29)30/h2-8,16,19-20,27H,9-15H2,1H3,(H,26,28)(H2,25,29,30)/t16-,19-,20+/m1/s1. The van der Waals surface area contributed by atoms with Crippen molar-refractivity contribution in [3.05, 3.63) is 59.2 Å². The van der Waals surface area contributed by atoms with E-state index in [1.165, 1.54) is 5.56 Å². The molecule has 178 valence electrons. The normalized spacial score (nSPS) is 20.5. The van der Waals surface area contributed by atoms with Crippen molar-refractivity contribution >= 4 is 15.9 Å². The second kappa shape index (κ2) is 10.1. The Morgan fingerprint density at radius 3 is 2.70 bits per heavy atom. The molecule has 4 rings (SSSR count). The van der Waals surface area contributed by atoms with Crippen LogP contribution in [0.5, 0.6) is 11.5 Å². The minimum Gasteiger partial charge on any atom is -0.454 e. The summed E-state index contributed by atoms with van der Waals surface area (Å²) in [6, 6.07) is 14.7. The van der Waals surface area contributed by atoms with E-state index in [0.717, 1.165) is 41.9 Å². The number of nitrogens with two attached hydrogens (primary N) is 1. The third-order valence-electron chi connectivity index (χ3n) is 6.34. The number of primary sulfonamides is 1. The van der Waals surface area contributed by atoms with Gasteiger partial charge in [0.25, 0.3) is 0 Å². The minimum atomic E-state index is -3.57. The zero-order chi connectivity index (χ0) is 23.4. The maximum absolute atomic E-state index is 12.0. The largest absolute Gasteiger partial charge is 0.454 e. The highest BCUT2D eigenvalue weighted by atomic mass is 32.2. The van der Waals surface area contributed by atoms with Gasteiger partial charge in [0.2, 0.25) is 22.7 Å². The van der Waals surface area contributed by atoms with Gasteiger partial charge < -0.3 is 20.1 Å². The Hall–Kier alpha value is -2.62. The SMILES string of the molecule is C[C@@H](N[C@H]1CC[C@@H](c2ccc(CC(=O)NCCS(N)(=O)=O)cc2)C1)c1cccc2c1OCO2. The van der Waals surface area contributed by atoms with Crippen LogP contribution in [0.3, 0.4) is 0 Å². The fourth-order valence-electron chi connectivity index (χ4n) is 4.66. The van der Waals surface area contributed by atoms with Crippen LogP contribution in [0.1, 0.15) is 54.8 Å². The van der Waals surface area contributed by atoms with E-state index in [9.17, 15) is 13.2 Å². The lowest BCUT2D eigenvalue weighted by atomic mass is 9.95. The zero-order valence-corrected chi connectivity index (χ0v) is 19.6. The van der Waals surface area contributed by atoms with Crippen LogP contribution in [0, 0.1) is 0 Å². The molecule has 1 saturated carbocycles. The molecule has 8 nitrogen and oxygen atoms in total. The lowest BCUT2D eigenvalue weighted by Gasteiger charge is -2.21. The van der Waals surface area contributed by atoms with E-state index in [4.69, 9.17) is 14.6 Å². The summed E-state index contributed by atoms with van der Waals surface area (Å²) < 4.78 is 33.0. The molecule has 1 amide bonds. The number of carbonyl (C=O) groups is 1. The maximum atomic E-state index is 12.0. The summed E-state index contributed by atoms with van der Waals surface area (Å²) in [5, 5.41) is 11.3. The number of rotatable bonds is 9. The van der Waals surface area contributed by atoms with Crippen LogP contribution in [0.15, 0.2) is 42.5 Å². The van der Waals surface area contributed by atoms with Gasteiger partial charge in [0.1, 0.15) is 0 Å². The highest BCUT2D eigenvalue weighted by Gasteiger charge is 2.28. The van der Waals surface area contributed by atoms with Crippen LogP contribution < -0.4 is 25.2 Å². The molecule has 0 spiro atoms. The van der Waals surface area contributed by atoms with Crippen LogP contribution in [0.25, 0.3) is 0 Å². The molecule has 1 fully saturated rings.